The number of carbonyl (C=O) groups is 1. The highest BCUT2D eigenvalue weighted by Crippen LogP contribution is 2.17. The first-order valence-corrected chi connectivity index (χ1v) is 6.31. The average molecular weight is 276 g/mol. The summed E-state index contributed by atoms with van der Waals surface area (Å²) in [6, 6.07) is 16.2. The van der Waals surface area contributed by atoms with Gasteiger partial charge >= 0.3 is 0 Å². The lowest BCUT2D eigenvalue weighted by Crippen LogP contribution is -2.30. The molecule has 0 aromatic heterocycles. The van der Waals surface area contributed by atoms with Crippen LogP contribution in [-0.2, 0) is 4.79 Å². The van der Waals surface area contributed by atoms with E-state index < -0.39 is 6.10 Å². The second-order valence-electron chi connectivity index (χ2n) is 4.07. The molecule has 0 aliphatic carbocycles. The molecular formula is C15H14ClNO2. The average Bonchev–Trinajstić information content (AvgIpc) is 2.42. The van der Waals surface area contributed by atoms with Gasteiger partial charge in [0.25, 0.3) is 5.91 Å². The van der Waals surface area contributed by atoms with Gasteiger partial charge in [0.15, 0.2) is 6.10 Å². The Hall–Kier alpha value is -2.00. The second kappa shape index (κ2) is 6.25. The molecule has 98 valence electrons. The van der Waals surface area contributed by atoms with Gasteiger partial charge in [0, 0.05) is 10.7 Å². The minimum atomic E-state index is -0.582. The summed E-state index contributed by atoms with van der Waals surface area (Å²) in [5, 5.41) is 3.42. The van der Waals surface area contributed by atoms with Crippen molar-refractivity contribution in [2.45, 2.75) is 13.0 Å². The Labute approximate surface area is 117 Å². The summed E-state index contributed by atoms with van der Waals surface area (Å²) < 4.78 is 5.53. The molecular weight excluding hydrogens is 262 g/mol. The molecule has 0 unspecified atom stereocenters. The van der Waals surface area contributed by atoms with Crippen molar-refractivity contribution in [2.24, 2.45) is 0 Å². The Morgan fingerprint density at radius 2 is 1.74 bits per heavy atom. The van der Waals surface area contributed by atoms with Crippen molar-refractivity contribution in [3.05, 3.63) is 59.6 Å². The van der Waals surface area contributed by atoms with Gasteiger partial charge < -0.3 is 10.1 Å². The van der Waals surface area contributed by atoms with Crippen LogP contribution >= 0.6 is 11.6 Å². The topological polar surface area (TPSA) is 38.3 Å². The zero-order valence-electron chi connectivity index (χ0n) is 10.5. The molecule has 0 fully saturated rings. The lowest BCUT2D eigenvalue weighted by atomic mass is 10.3. The van der Waals surface area contributed by atoms with Gasteiger partial charge in [-0.05, 0) is 43.3 Å². The summed E-state index contributed by atoms with van der Waals surface area (Å²) in [4.78, 5) is 11.9. The third-order valence-corrected chi connectivity index (χ3v) is 2.79. The molecule has 0 aliphatic rings. The molecule has 1 amide bonds. The van der Waals surface area contributed by atoms with Crippen molar-refractivity contribution in [1.29, 1.82) is 0 Å². The second-order valence-corrected chi connectivity index (χ2v) is 4.51. The molecule has 0 saturated carbocycles. The molecule has 0 saturated heterocycles. The van der Waals surface area contributed by atoms with Crippen LogP contribution in [0.1, 0.15) is 6.92 Å². The van der Waals surface area contributed by atoms with Crippen LogP contribution in [0.3, 0.4) is 0 Å². The number of rotatable bonds is 4. The van der Waals surface area contributed by atoms with E-state index in [0.29, 0.717) is 10.8 Å². The van der Waals surface area contributed by atoms with Crippen LogP contribution in [0.2, 0.25) is 5.02 Å². The molecule has 0 aliphatic heterocycles. The number of hydrogen-bond donors (Lipinski definition) is 1. The minimum absolute atomic E-state index is 0.193. The predicted octanol–water partition coefficient (Wildman–Crippen LogP) is 3.75. The van der Waals surface area contributed by atoms with Gasteiger partial charge in [0.05, 0.1) is 0 Å². The maximum atomic E-state index is 11.9. The van der Waals surface area contributed by atoms with Gasteiger partial charge in [-0.3, -0.25) is 4.79 Å². The highest BCUT2D eigenvalue weighted by molar-refractivity contribution is 6.30. The van der Waals surface area contributed by atoms with Crippen molar-refractivity contribution in [2.75, 3.05) is 5.32 Å². The molecule has 3 nitrogen and oxygen atoms in total. The van der Waals surface area contributed by atoms with Crippen LogP contribution in [0.5, 0.6) is 5.75 Å². The molecule has 2 aromatic rings. The first-order chi connectivity index (χ1) is 9.15. The van der Waals surface area contributed by atoms with Gasteiger partial charge in [-0.25, -0.2) is 0 Å². The summed E-state index contributed by atoms with van der Waals surface area (Å²) in [5.41, 5.74) is 0.749. The smallest absolute Gasteiger partial charge is 0.265 e. The number of para-hydroxylation sites is 1. The number of ether oxygens (including phenoxy) is 1. The highest BCUT2D eigenvalue weighted by Gasteiger charge is 2.14. The predicted molar refractivity (Wildman–Crippen MR) is 76.6 cm³/mol. The number of halogens is 1. The third-order valence-electron chi connectivity index (χ3n) is 2.54. The lowest BCUT2D eigenvalue weighted by Gasteiger charge is -2.14. The summed E-state index contributed by atoms with van der Waals surface area (Å²) >= 11 is 5.78. The van der Waals surface area contributed by atoms with E-state index in [9.17, 15) is 4.79 Å². The van der Waals surface area contributed by atoms with Gasteiger partial charge in [0.1, 0.15) is 5.75 Å². The van der Waals surface area contributed by atoms with Crippen LogP contribution in [0.15, 0.2) is 54.6 Å². The van der Waals surface area contributed by atoms with Crippen LogP contribution in [0.25, 0.3) is 0 Å². The van der Waals surface area contributed by atoms with E-state index in [1.54, 1.807) is 31.2 Å². The Balaban J connectivity index is 1.94. The van der Waals surface area contributed by atoms with Crippen molar-refractivity contribution in [3.8, 4) is 5.75 Å². The van der Waals surface area contributed by atoms with E-state index >= 15 is 0 Å². The number of carbonyl (C=O) groups excluding carboxylic acids is 1. The molecule has 0 heterocycles. The summed E-state index contributed by atoms with van der Waals surface area (Å²) in [7, 11) is 0. The van der Waals surface area contributed by atoms with E-state index in [0.717, 1.165) is 5.69 Å². The largest absolute Gasteiger partial charge is 0.481 e. The van der Waals surface area contributed by atoms with Crippen molar-refractivity contribution >= 4 is 23.2 Å². The van der Waals surface area contributed by atoms with E-state index in [-0.39, 0.29) is 5.91 Å². The Bertz CT molecular complexity index is 540. The fourth-order valence-electron chi connectivity index (χ4n) is 1.54. The van der Waals surface area contributed by atoms with Crippen LogP contribution < -0.4 is 10.1 Å². The fraction of sp³-hybridized carbons (Fsp3) is 0.133. The third kappa shape index (κ3) is 4.00. The van der Waals surface area contributed by atoms with Crippen molar-refractivity contribution < 1.29 is 9.53 Å². The van der Waals surface area contributed by atoms with Gasteiger partial charge in [0.2, 0.25) is 0 Å². The zero-order chi connectivity index (χ0) is 13.7. The molecule has 1 N–H and O–H groups in total. The van der Waals surface area contributed by atoms with Crippen LogP contribution in [0.4, 0.5) is 5.69 Å². The maximum absolute atomic E-state index is 11.9. The van der Waals surface area contributed by atoms with Crippen LogP contribution in [-0.4, -0.2) is 12.0 Å². The molecule has 19 heavy (non-hydrogen) atoms. The Morgan fingerprint density at radius 1 is 1.11 bits per heavy atom. The molecule has 4 heteroatoms. The van der Waals surface area contributed by atoms with Crippen molar-refractivity contribution in [3.63, 3.8) is 0 Å². The van der Waals surface area contributed by atoms with E-state index in [2.05, 4.69) is 5.32 Å². The zero-order valence-corrected chi connectivity index (χ0v) is 11.2. The molecule has 2 rings (SSSR count). The number of nitrogens with one attached hydrogen (secondary N) is 1. The summed E-state index contributed by atoms with van der Waals surface area (Å²) in [6.45, 7) is 1.70. The molecule has 0 radical (unpaired) electrons. The quantitative estimate of drug-likeness (QED) is 0.923. The van der Waals surface area contributed by atoms with E-state index in [4.69, 9.17) is 16.3 Å². The fourth-order valence-corrected chi connectivity index (χ4v) is 1.66. The monoisotopic (exact) mass is 275 g/mol. The highest BCUT2D eigenvalue weighted by atomic mass is 35.5. The van der Waals surface area contributed by atoms with Crippen molar-refractivity contribution in [1.82, 2.24) is 0 Å². The molecule has 0 bridgehead atoms. The Kier molecular flexibility index (Phi) is 4.42. The number of benzene rings is 2. The summed E-state index contributed by atoms with van der Waals surface area (Å²) in [6.07, 6.45) is -0.582. The minimum Gasteiger partial charge on any atom is -0.481 e. The maximum Gasteiger partial charge on any atom is 0.265 e. The molecule has 0 spiro atoms. The van der Waals surface area contributed by atoms with E-state index in [1.165, 1.54) is 0 Å². The lowest BCUT2D eigenvalue weighted by molar-refractivity contribution is -0.122. The van der Waals surface area contributed by atoms with E-state index in [1.807, 2.05) is 30.3 Å². The number of anilines is 1. The first kappa shape index (κ1) is 13.4. The number of hydrogen-bond acceptors (Lipinski definition) is 2. The standard InChI is InChI=1S/C15H14ClNO2/c1-11(19-14-9-7-12(16)8-10-14)15(18)17-13-5-3-2-4-6-13/h2-11H,1H3,(H,17,18)/t11-/m0/s1. The van der Waals surface area contributed by atoms with Gasteiger partial charge in [-0.2, -0.15) is 0 Å². The van der Waals surface area contributed by atoms with Crippen LogP contribution in [0, 0.1) is 0 Å². The summed E-state index contributed by atoms with van der Waals surface area (Å²) in [5.74, 6) is 0.418. The Morgan fingerprint density at radius 3 is 2.37 bits per heavy atom. The molecule has 1 atom stereocenters. The normalized spacial score (nSPS) is 11.7. The molecule has 2 aromatic carbocycles. The van der Waals surface area contributed by atoms with Gasteiger partial charge in [-0.1, -0.05) is 29.8 Å². The van der Waals surface area contributed by atoms with Gasteiger partial charge in [-0.15, -0.1) is 0 Å². The SMILES string of the molecule is C[C@H](Oc1ccc(Cl)cc1)C(=O)Nc1ccccc1. The first-order valence-electron chi connectivity index (χ1n) is 5.93. The number of amides is 1.